The van der Waals surface area contributed by atoms with Gasteiger partial charge in [0, 0.05) is 37.4 Å². The molecule has 0 bridgehead atoms. The fourth-order valence-corrected chi connectivity index (χ4v) is 4.23. The summed E-state index contributed by atoms with van der Waals surface area (Å²) in [7, 11) is 1.54. The number of rotatable bonds is 6. The minimum Gasteiger partial charge on any atom is -0.493 e. The summed E-state index contributed by atoms with van der Waals surface area (Å²) in [5.41, 5.74) is 0.267. The van der Waals surface area contributed by atoms with Crippen molar-refractivity contribution in [2.75, 3.05) is 25.5 Å². The van der Waals surface area contributed by atoms with E-state index in [1.54, 1.807) is 29.2 Å². The zero-order valence-electron chi connectivity index (χ0n) is 20.7. The second kappa shape index (κ2) is 10.4. The lowest BCUT2D eigenvalue weighted by atomic mass is 9.88. The van der Waals surface area contributed by atoms with Gasteiger partial charge in [-0.2, -0.15) is 0 Å². The third kappa shape index (κ3) is 5.47. The molecule has 36 heavy (non-hydrogen) atoms. The van der Waals surface area contributed by atoms with Crippen molar-refractivity contribution >= 4 is 39.9 Å². The number of carbonyl (C=O) groups excluding carboxylic acids is 1. The molecular weight excluding hydrogens is 487 g/mol. The fraction of sp³-hybridized carbons (Fsp3) is 0.423. The van der Waals surface area contributed by atoms with Crippen molar-refractivity contribution in [1.82, 2.24) is 14.9 Å². The Kier molecular flexibility index (Phi) is 7.51. The van der Waals surface area contributed by atoms with Crippen molar-refractivity contribution in [3.63, 3.8) is 0 Å². The van der Waals surface area contributed by atoms with E-state index in [9.17, 15) is 14.3 Å². The number of ether oxygens (including phenoxy) is 2. The molecule has 1 fully saturated rings. The van der Waals surface area contributed by atoms with Crippen LogP contribution in [0, 0.1) is 11.2 Å². The molecule has 1 atom stereocenters. The highest BCUT2D eigenvalue weighted by Gasteiger charge is 2.34. The van der Waals surface area contributed by atoms with E-state index in [1.807, 2.05) is 20.8 Å². The number of nitrogens with zero attached hydrogens (tertiary/aromatic N) is 3. The molecule has 0 saturated carbocycles. The summed E-state index contributed by atoms with van der Waals surface area (Å²) in [4.78, 5) is 22.9. The molecule has 3 aromatic rings. The Morgan fingerprint density at radius 2 is 1.94 bits per heavy atom. The Balaban J connectivity index is 1.51. The van der Waals surface area contributed by atoms with E-state index in [2.05, 4.69) is 15.3 Å². The SMILES string of the molecule is COc1cc2c(Nc3cccc(Cl)c3F)ncnc2cc1OC1CCN(C(=O)[C@@H](O)C(C)(C)C)CC1. The van der Waals surface area contributed by atoms with Crippen molar-refractivity contribution in [1.29, 1.82) is 0 Å². The molecule has 192 valence electrons. The molecule has 2 heterocycles. The van der Waals surface area contributed by atoms with Gasteiger partial charge in [-0.25, -0.2) is 14.4 Å². The lowest BCUT2D eigenvalue weighted by molar-refractivity contribution is -0.147. The standard InChI is InChI=1S/C26H30ClFN4O4/c1-26(2,3)23(33)25(34)32-10-8-15(9-11-32)36-21-13-19-16(12-20(21)35-4)24(30-14-29-19)31-18-7-5-6-17(27)22(18)28/h5-7,12-15,23,33H,8-11H2,1-4H3,(H,29,30,31)/t23-/m1/s1. The van der Waals surface area contributed by atoms with Gasteiger partial charge >= 0.3 is 0 Å². The number of fused-ring (bicyclic) bond motifs is 1. The number of nitrogens with one attached hydrogen (secondary N) is 1. The molecule has 0 unspecified atom stereocenters. The number of hydrogen-bond donors (Lipinski definition) is 2. The van der Waals surface area contributed by atoms with E-state index in [0.29, 0.717) is 54.2 Å². The number of anilines is 2. The van der Waals surface area contributed by atoms with Gasteiger partial charge in [0.05, 0.1) is 23.3 Å². The van der Waals surface area contributed by atoms with Crippen LogP contribution in [0.4, 0.5) is 15.9 Å². The molecule has 2 aromatic carbocycles. The first-order valence-corrected chi connectivity index (χ1v) is 12.1. The number of hydrogen-bond acceptors (Lipinski definition) is 7. The topological polar surface area (TPSA) is 96.8 Å². The minimum atomic E-state index is -1.04. The fourth-order valence-electron chi connectivity index (χ4n) is 4.06. The highest BCUT2D eigenvalue weighted by Crippen LogP contribution is 2.37. The molecule has 1 aliphatic heterocycles. The van der Waals surface area contributed by atoms with Gasteiger partial charge in [-0.15, -0.1) is 0 Å². The Bertz CT molecular complexity index is 1260. The van der Waals surface area contributed by atoms with E-state index in [-0.39, 0.29) is 22.7 Å². The van der Waals surface area contributed by atoms with Crippen LogP contribution < -0.4 is 14.8 Å². The van der Waals surface area contributed by atoms with Gasteiger partial charge in [0.1, 0.15) is 24.4 Å². The van der Waals surface area contributed by atoms with Gasteiger partial charge in [-0.1, -0.05) is 38.4 Å². The number of aromatic nitrogens is 2. The maximum atomic E-state index is 14.4. The molecular formula is C26H30ClFN4O4. The molecule has 2 N–H and O–H groups in total. The van der Waals surface area contributed by atoms with Gasteiger partial charge < -0.3 is 24.8 Å². The van der Waals surface area contributed by atoms with E-state index in [1.165, 1.54) is 19.5 Å². The van der Waals surface area contributed by atoms with Crippen molar-refractivity contribution in [3.05, 3.63) is 47.5 Å². The molecule has 1 saturated heterocycles. The van der Waals surface area contributed by atoms with Crippen molar-refractivity contribution < 1.29 is 23.8 Å². The van der Waals surface area contributed by atoms with Crippen LogP contribution in [0.1, 0.15) is 33.6 Å². The summed E-state index contributed by atoms with van der Waals surface area (Å²) in [5, 5.41) is 13.9. The second-order valence-corrected chi connectivity index (χ2v) is 10.3. The van der Waals surface area contributed by atoms with Gasteiger partial charge in [0.15, 0.2) is 17.3 Å². The van der Waals surface area contributed by atoms with E-state index < -0.39 is 17.3 Å². The first kappa shape index (κ1) is 25.9. The third-order valence-corrected chi connectivity index (χ3v) is 6.52. The van der Waals surface area contributed by atoms with E-state index >= 15 is 0 Å². The zero-order valence-corrected chi connectivity index (χ0v) is 21.5. The van der Waals surface area contributed by atoms with Crippen molar-refractivity contribution in [3.8, 4) is 11.5 Å². The smallest absolute Gasteiger partial charge is 0.251 e. The normalized spacial score (nSPS) is 15.6. The minimum absolute atomic E-state index is 0.00675. The molecule has 0 aliphatic carbocycles. The monoisotopic (exact) mass is 516 g/mol. The zero-order chi connectivity index (χ0) is 26.0. The quantitative estimate of drug-likeness (QED) is 0.478. The molecule has 4 rings (SSSR count). The number of methoxy groups -OCH3 is 1. The predicted octanol–water partition coefficient (Wildman–Crippen LogP) is 4.95. The third-order valence-electron chi connectivity index (χ3n) is 6.23. The summed E-state index contributed by atoms with van der Waals surface area (Å²) in [6, 6.07) is 8.19. The molecule has 1 amide bonds. The molecule has 8 nitrogen and oxygen atoms in total. The average Bonchev–Trinajstić information content (AvgIpc) is 2.85. The Morgan fingerprint density at radius 1 is 1.22 bits per heavy atom. The van der Waals surface area contributed by atoms with Gasteiger partial charge in [-0.05, 0) is 23.6 Å². The van der Waals surface area contributed by atoms with E-state index in [0.717, 1.165) is 0 Å². The van der Waals surface area contributed by atoms with Crippen LogP contribution in [0.25, 0.3) is 10.9 Å². The number of carbonyl (C=O) groups is 1. The van der Waals surface area contributed by atoms with E-state index in [4.69, 9.17) is 21.1 Å². The first-order valence-electron chi connectivity index (χ1n) is 11.8. The second-order valence-electron chi connectivity index (χ2n) is 9.88. The lowest BCUT2D eigenvalue weighted by Gasteiger charge is -2.36. The highest BCUT2D eigenvalue weighted by atomic mass is 35.5. The highest BCUT2D eigenvalue weighted by molar-refractivity contribution is 6.31. The number of aliphatic hydroxyl groups excluding tert-OH is 1. The van der Waals surface area contributed by atoms with Crippen LogP contribution in [0.5, 0.6) is 11.5 Å². The molecule has 0 radical (unpaired) electrons. The van der Waals surface area contributed by atoms with Crippen LogP contribution in [0.3, 0.4) is 0 Å². The van der Waals surface area contributed by atoms with Crippen LogP contribution in [-0.2, 0) is 4.79 Å². The van der Waals surface area contributed by atoms with Gasteiger partial charge in [0.25, 0.3) is 5.91 Å². The number of halogens is 2. The lowest BCUT2D eigenvalue weighted by Crippen LogP contribution is -2.49. The molecule has 10 heteroatoms. The maximum Gasteiger partial charge on any atom is 0.251 e. The van der Waals surface area contributed by atoms with Gasteiger partial charge in [-0.3, -0.25) is 4.79 Å². The number of aliphatic hydroxyl groups is 1. The summed E-state index contributed by atoms with van der Waals surface area (Å²) < 4.78 is 26.2. The van der Waals surface area contributed by atoms with Crippen molar-refractivity contribution in [2.24, 2.45) is 5.41 Å². The Labute approximate surface area is 214 Å². The summed E-state index contributed by atoms with van der Waals surface area (Å²) in [6.07, 6.45) is 1.45. The van der Waals surface area contributed by atoms with Crippen LogP contribution in [0.2, 0.25) is 5.02 Å². The summed E-state index contributed by atoms with van der Waals surface area (Å²) in [5.74, 6) is 0.571. The summed E-state index contributed by atoms with van der Waals surface area (Å²) >= 11 is 5.90. The number of benzene rings is 2. The number of piperidine rings is 1. The number of likely N-dealkylation sites (tertiary alicyclic amines) is 1. The number of amides is 1. The Morgan fingerprint density at radius 3 is 2.61 bits per heavy atom. The van der Waals surface area contributed by atoms with Crippen LogP contribution in [-0.4, -0.2) is 58.3 Å². The molecule has 1 aromatic heterocycles. The average molecular weight is 517 g/mol. The van der Waals surface area contributed by atoms with Crippen molar-refractivity contribution in [2.45, 2.75) is 45.8 Å². The summed E-state index contributed by atoms with van der Waals surface area (Å²) in [6.45, 7) is 6.51. The van der Waals surface area contributed by atoms with Crippen LogP contribution in [0.15, 0.2) is 36.7 Å². The molecule has 0 spiro atoms. The van der Waals surface area contributed by atoms with Gasteiger partial charge in [0.2, 0.25) is 0 Å². The molecule has 1 aliphatic rings. The largest absolute Gasteiger partial charge is 0.493 e. The van der Waals surface area contributed by atoms with Crippen LogP contribution >= 0.6 is 11.6 Å². The first-order chi connectivity index (χ1) is 17.1. The predicted molar refractivity (Wildman–Crippen MR) is 136 cm³/mol. The maximum absolute atomic E-state index is 14.4. The Hall–Kier alpha value is -3.17.